The van der Waals surface area contributed by atoms with Gasteiger partial charge in [-0.25, -0.2) is 13.6 Å². The van der Waals surface area contributed by atoms with Crippen molar-refractivity contribution in [2.45, 2.75) is 6.18 Å². The molecule has 2 aromatic carbocycles. The van der Waals surface area contributed by atoms with Gasteiger partial charge in [0.15, 0.2) is 0 Å². The molecule has 0 saturated carbocycles. The van der Waals surface area contributed by atoms with Gasteiger partial charge in [0.2, 0.25) is 0 Å². The molecule has 2 rings (SSSR count). The van der Waals surface area contributed by atoms with Gasteiger partial charge in [0, 0.05) is 18.2 Å². The second kappa shape index (κ2) is 5.51. The molecule has 0 N–H and O–H groups in total. The number of hydrogen-bond donors (Lipinski definition) is 0. The predicted octanol–water partition coefficient (Wildman–Crippen LogP) is 4.20. The second-order valence-corrected chi connectivity index (χ2v) is 4.07. The van der Waals surface area contributed by atoms with E-state index in [1.54, 1.807) is 0 Å². The van der Waals surface area contributed by atoms with E-state index in [9.17, 15) is 26.7 Å². The molecule has 0 spiro atoms. The van der Waals surface area contributed by atoms with Crippen LogP contribution < -0.4 is 4.74 Å². The van der Waals surface area contributed by atoms with E-state index in [1.165, 1.54) is 0 Å². The Morgan fingerprint density at radius 2 is 1.43 bits per heavy atom. The fourth-order valence-corrected chi connectivity index (χ4v) is 1.55. The summed E-state index contributed by atoms with van der Waals surface area (Å²) in [5, 5.41) is 0. The summed E-state index contributed by atoms with van der Waals surface area (Å²) in [6.45, 7) is 0. The van der Waals surface area contributed by atoms with Crippen LogP contribution in [0.2, 0.25) is 0 Å². The quantitative estimate of drug-likeness (QED) is 0.472. The topological polar surface area (TPSA) is 26.3 Å². The summed E-state index contributed by atoms with van der Waals surface area (Å²) >= 11 is 0. The van der Waals surface area contributed by atoms with Crippen LogP contribution in [-0.2, 0) is 6.18 Å². The van der Waals surface area contributed by atoms with Gasteiger partial charge in [-0.3, -0.25) is 0 Å². The van der Waals surface area contributed by atoms with Crippen molar-refractivity contribution >= 4 is 5.97 Å². The van der Waals surface area contributed by atoms with Crippen molar-refractivity contribution in [3.8, 4) is 5.75 Å². The zero-order valence-corrected chi connectivity index (χ0v) is 10.2. The van der Waals surface area contributed by atoms with E-state index in [0.29, 0.717) is 18.2 Å². The van der Waals surface area contributed by atoms with Gasteiger partial charge in [0.05, 0.1) is 11.1 Å². The van der Waals surface area contributed by atoms with Crippen LogP contribution in [-0.4, -0.2) is 5.97 Å². The van der Waals surface area contributed by atoms with E-state index in [4.69, 9.17) is 0 Å². The Balaban J connectivity index is 2.17. The zero-order valence-electron chi connectivity index (χ0n) is 10.2. The number of alkyl halides is 3. The fourth-order valence-electron chi connectivity index (χ4n) is 1.55. The monoisotopic (exact) mass is 302 g/mol. The average Bonchev–Trinajstić information content (AvgIpc) is 2.36. The van der Waals surface area contributed by atoms with E-state index in [0.717, 1.165) is 24.3 Å². The Kier molecular flexibility index (Phi) is 3.93. The summed E-state index contributed by atoms with van der Waals surface area (Å²) in [4.78, 5) is 11.6. The van der Waals surface area contributed by atoms with Crippen molar-refractivity contribution in [1.29, 1.82) is 0 Å². The Morgan fingerprint density at radius 1 is 0.905 bits per heavy atom. The van der Waals surface area contributed by atoms with Gasteiger partial charge in [0.1, 0.15) is 17.4 Å². The molecular weight excluding hydrogens is 295 g/mol. The molecule has 2 aromatic rings. The molecule has 0 atom stereocenters. The minimum Gasteiger partial charge on any atom is -0.423 e. The standard InChI is InChI=1S/C14H7F5O2/c15-10-5-11(16)7-12(6-10)21-13(20)8-1-3-9(4-2-8)14(17,18)19/h1-7H. The van der Waals surface area contributed by atoms with Gasteiger partial charge >= 0.3 is 12.1 Å². The van der Waals surface area contributed by atoms with Gasteiger partial charge < -0.3 is 4.74 Å². The first-order valence-corrected chi connectivity index (χ1v) is 5.61. The smallest absolute Gasteiger partial charge is 0.416 e. The van der Waals surface area contributed by atoms with Gasteiger partial charge in [-0.05, 0) is 24.3 Å². The molecule has 0 bridgehead atoms. The van der Waals surface area contributed by atoms with Gasteiger partial charge in [0.25, 0.3) is 0 Å². The van der Waals surface area contributed by atoms with Gasteiger partial charge in [-0.2, -0.15) is 13.2 Å². The number of halogens is 5. The first-order valence-electron chi connectivity index (χ1n) is 5.61. The second-order valence-electron chi connectivity index (χ2n) is 4.07. The Bertz CT molecular complexity index is 642. The van der Waals surface area contributed by atoms with Crippen molar-refractivity contribution in [1.82, 2.24) is 0 Å². The summed E-state index contributed by atoms with van der Waals surface area (Å²) < 4.78 is 67.6. The van der Waals surface area contributed by atoms with Crippen LogP contribution in [0.25, 0.3) is 0 Å². The molecular formula is C14H7F5O2. The van der Waals surface area contributed by atoms with Crippen molar-refractivity contribution in [3.05, 3.63) is 65.2 Å². The molecule has 0 fully saturated rings. The normalized spacial score (nSPS) is 11.3. The van der Waals surface area contributed by atoms with Crippen molar-refractivity contribution in [2.75, 3.05) is 0 Å². The largest absolute Gasteiger partial charge is 0.423 e. The number of ether oxygens (including phenoxy) is 1. The lowest BCUT2D eigenvalue weighted by atomic mass is 10.1. The van der Waals surface area contributed by atoms with Crippen LogP contribution in [0.1, 0.15) is 15.9 Å². The van der Waals surface area contributed by atoms with Gasteiger partial charge in [-0.15, -0.1) is 0 Å². The highest BCUT2D eigenvalue weighted by molar-refractivity contribution is 5.91. The minimum absolute atomic E-state index is 0.173. The number of benzene rings is 2. The van der Waals surface area contributed by atoms with Crippen LogP contribution in [0.4, 0.5) is 22.0 Å². The maximum absolute atomic E-state index is 12.9. The Hall–Kier alpha value is -2.44. The van der Waals surface area contributed by atoms with Crippen LogP contribution >= 0.6 is 0 Å². The van der Waals surface area contributed by atoms with E-state index >= 15 is 0 Å². The average molecular weight is 302 g/mol. The van der Waals surface area contributed by atoms with E-state index in [-0.39, 0.29) is 11.3 Å². The number of esters is 1. The minimum atomic E-state index is -4.52. The van der Waals surface area contributed by atoms with Crippen LogP contribution in [0.5, 0.6) is 5.75 Å². The highest BCUT2D eigenvalue weighted by Gasteiger charge is 2.30. The molecule has 0 aliphatic heterocycles. The molecule has 0 aromatic heterocycles. The summed E-state index contributed by atoms with van der Waals surface area (Å²) in [5.74, 6) is -3.28. The first kappa shape index (κ1) is 15.0. The van der Waals surface area contributed by atoms with Crippen molar-refractivity contribution in [3.63, 3.8) is 0 Å². The summed E-state index contributed by atoms with van der Waals surface area (Å²) in [6, 6.07) is 5.42. The summed E-state index contributed by atoms with van der Waals surface area (Å²) in [6.07, 6.45) is -4.52. The van der Waals surface area contributed by atoms with Crippen LogP contribution in [0.15, 0.2) is 42.5 Å². The molecule has 0 aliphatic rings. The lowest BCUT2D eigenvalue weighted by molar-refractivity contribution is -0.137. The first-order chi connectivity index (χ1) is 9.75. The maximum Gasteiger partial charge on any atom is 0.416 e. The Morgan fingerprint density at radius 3 is 1.90 bits per heavy atom. The van der Waals surface area contributed by atoms with Crippen molar-refractivity contribution < 1.29 is 31.5 Å². The number of carbonyl (C=O) groups is 1. The number of hydrogen-bond acceptors (Lipinski definition) is 2. The molecule has 0 radical (unpaired) electrons. The highest BCUT2D eigenvalue weighted by Crippen LogP contribution is 2.29. The summed E-state index contributed by atoms with van der Waals surface area (Å²) in [7, 11) is 0. The number of rotatable bonds is 2. The highest BCUT2D eigenvalue weighted by atomic mass is 19.4. The third-order valence-electron chi connectivity index (χ3n) is 2.49. The zero-order chi connectivity index (χ0) is 15.6. The fraction of sp³-hybridized carbons (Fsp3) is 0.0714. The Labute approximate surface area is 115 Å². The van der Waals surface area contributed by atoms with Crippen molar-refractivity contribution in [2.24, 2.45) is 0 Å². The van der Waals surface area contributed by atoms with E-state index in [2.05, 4.69) is 4.74 Å². The molecule has 110 valence electrons. The molecule has 7 heteroatoms. The van der Waals surface area contributed by atoms with E-state index in [1.807, 2.05) is 0 Å². The molecule has 0 amide bonds. The molecule has 0 saturated heterocycles. The molecule has 21 heavy (non-hydrogen) atoms. The van der Waals surface area contributed by atoms with Crippen LogP contribution in [0, 0.1) is 11.6 Å². The molecule has 2 nitrogen and oxygen atoms in total. The predicted molar refractivity (Wildman–Crippen MR) is 62.8 cm³/mol. The van der Waals surface area contributed by atoms with E-state index < -0.39 is 29.3 Å². The third kappa shape index (κ3) is 3.77. The third-order valence-corrected chi connectivity index (χ3v) is 2.49. The number of carbonyl (C=O) groups excluding carboxylic acids is 1. The van der Waals surface area contributed by atoms with Crippen LogP contribution in [0.3, 0.4) is 0 Å². The molecule has 0 heterocycles. The lowest BCUT2D eigenvalue weighted by Crippen LogP contribution is -2.10. The summed E-state index contributed by atoms with van der Waals surface area (Å²) in [5.41, 5.74) is -1.09. The maximum atomic E-state index is 12.9. The molecule has 0 unspecified atom stereocenters. The molecule has 0 aliphatic carbocycles. The lowest BCUT2D eigenvalue weighted by Gasteiger charge is -2.08. The SMILES string of the molecule is O=C(Oc1cc(F)cc(F)c1)c1ccc(C(F)(F)F)cc1. The van der Waals surface area contributed by atoms with Gasteiger partial charge in [-0.1, -0.05) is 0 Å².